The van der Waals surface area contributed by atoms with Crippen LogP contribution in [0.3, 0.4) is 0 Å². The van der Waals surface area contributed by atoms with Crippen LogP contribution in [0, 0.1) is 0 Å². The molecular formula is C20H27INO4S2+. The Labute approximate surface area is 187 Å². The minimum absolute atomic E-state index is 0.0494. The smallest absolute Gasteiger partial charge is 0.349 e. The van der Waals surface area contributed by atoms with Gasteiger partial charge in [-0.3, -0.25) is 0 Å². The number of allylic oxidation sites excluding steroid dienone is 1. The summed E-state index contributed by atoms with van der Waals surface area (Å²) in [7, 11) is 4.30. The first-order chi connectivity index (χ1) is 13.2. The van der Waals surface area contributed by atoms with Gasteiger partial charge in [-0.25, -0.2) is 4.79 Å². The number of aliphatic hydroxyl groups is 2. The lowest BCUT2D eigenvalue weighted by molar-refractivity contribution is -0.932. The number of aliphatic hydroxyl groups excluding tert-OH is 1. The first-order valence-electron chi connectivity index (χ1n) is 9.66. The van der Waals surface area contributed by atoms with Crippen molar-refractivity contribution in [2.75, 3.05) is 14.1 Å². The van der Waals surface area contributed by atoms with Crippen LogP contribution in [0.15, 0.2) is 28.5 Å². The number of thioether (sulfide) groups is 1. The lowest BCUT2D eigenvalue weighted by Crippen LogP contribution is -2.58. The molecule has 4 heterocycles. The molecule has 2 N–H and O–H groups in total. The average molecular weight is 536 g/mol. The highest BCUT2D eigenvalue weighted by molar-refractivity contribution is 14.1. The number of carbonyl (C=O) groups is 1. The van der Waals surface area contributed by atoms with Crippen LogP contribution in [-0.2, 0) is 15.1 Å². The van der Waals surface area contributed by atoms with E-state index in [4.69, 9.17) is 4.74 Å². The molecule has 1 aromatic heterocycles. The lowest BCUT2D eigenvalue weighted by atomic mass is 9.96. The van der Waals surface area contributed by atoms with Crippen molar-refractivity contribution in [2.45, 2.75) is 65.3 Å². The Hall–Kier alpha value is -0.130. The van der Waals surface area contributed by atoms with Gasteiger partial charge in [-0.15, -0.1) is 23.1 Å². The van der Waals surface area contributed by atoms with Gasteiger partial charge in [0.05, 0.1) is 22.9 Å². The average Bonchev–Trinajstić information content (AvgIpc) is 3.33. The second-order valence-electron chi connectivity index (χ2n) is 8.62. The van der Waals surface area contributed by atoms with Crippen LogP contribution in [0.4, 0.5) is 0 Å². The van der Waals surface area contributed by atoms with E-state index in [9.17, 15) is 15.0 Å². The second kappa shape index (κ2) is 7.53. The number of esters is 1. The van der Waals surface area contributed by atoms with Crippen molar-refractivity contribution in [1.82, 2.24) is 0 Å². The van der Waals surface area contributed by atoms with Crippen molar-refractivity contribution in [1.29, 1.82) is 0 Å². The molecule has 0 aromatic carbocycles. The number of alkyl halides is 1. The van der Waals surface area contributed by atoms with E-state index in [-0.39, 0.29) is 22.1 Å². The molecule has 0 spiro atoms. The summed E-state index contributed by atoms with van der Waals surface area (Å²) < 4.78 is 6.84. The number of rotatable bonds is 4. The van der Waals surface area contributed by atoms with Gasteiger partial charge in [-0.1, -0.05) is 41.7 Å². The van der Waals surface area contributed by atoms with E-state index >= 15 is 0 Å². The third-order valence-electron chi connectivity index (χ3n) is 6.57. The number of halogens is 1. The summed E-state index contributed by atoms with van der Waals surface area (Å²) in [6, 6.07) is 3.93. The summed E-state index contributed by atoms with van der Waals surface area (Å²) in [4.78, 5) is 14.6. The standard InChI is InChI=1S/C20H27INO4S2/c1-11-6-7-16(28-11)20(25,15-5-4-8-27-15)19(24)26-12-9-13-17(21)18(23)14(10-12)22(13,2)3/h4-5,7-8,11-14,17-18,23,25H,6,9-10H2,1-3H3/q+1. The summed E-state index contributed by atoms with van der Waals surface area (Å²) in [5.74, 6) is -0.584. The van der Waals surface area contributed by atoms with Crippen LogP contribution in [0.5, 0.6) is 0 Å². The van der Waals surface area contributed by atoms with Crippen molar-refractivity contribution >= 4 is 51.7 Å². The molecule has 1 aromatic rings. The number of carbonyl (C=O) groups excluding carboxylic acids is 1. The van der Waals surface area contributed by atoms with Gasteiger partial charge in [-0.05, 0) is 17.9 Å². The number of fused-ring (bicyclic) bond motifs is 2. The molecule has 154 valence electrons. The molecule has 4 rings (SSSR count). The normalized spacial score (nSPS) is 38.7. The molecule has 0 radical (unpaired) electrons. The van der Waals surface area contributed by atoms with E-state index < -0.39 is 17.7 Å². The predicted octanol–water partition coefficient (Wildman–Crippen LogP) is 3.04. The Bertz CT molecular complexity index is 763. The highest BCUT2D eigenvalue weighted by atomic mass is 127. The first-order valence-corrected chi connectivity index (χ1v) is 12.7. The molecule has 3 aliphatic rings. The SMILES string of the molecule is CC1CC=C(C(O)(C(=O)OC2CC3C(O)C(I)C(C2)[N+]3(C)C)c2cccs2)S1. The number of hydrogen-bond acceptors (Lipinski definition) is 6. The van der Waals surface area contributed by atoms with Crippen LogP contribution >= 0.6 is 45.7 Å². The maximum atomic E-state index is 13.3. The molecule has 5 nitrogen and oxygen atoms in total. The molecular weight excluding hydrogens is 509 g/mol. The lowest BCUT2D eigenvalue weighted by Gasteiger charge is -2.44. The van der Waals surface area contributed by atoms with Crippen LogP contribution < -0.4 is 0 Å². The third kappa shape index (κ3) is 3.28. The fourth-order valence-electron chi connectivity index (χ4n) is 4.85. The first kappa shape index (κ1) is 21.1. The van der Waals surface area contributed by atoms with E-state index in [1.165, 1.54) is 11.3 Å². The maximum Gasteiger partial charge on any atom is 0.349 e. The molecule has 0 saturated carbocycles. The van der Waals surface area contributed by atoms with Gasteiger partial charge in [0.1, 0.15) is 24.3 Å². The van der Waals surface area contributed by atoms with Crippen LogP contribution in [0.2, 0.25) is 0 Å². The minimum atomic E-state index is -1.73. The van der Waals surface area contributed by atoms with Crippen LogP contribution in [-0.4, -0.2) is 68.2 Å². The summed E-state index contributed by atoms with van der Waals surface area (Å²) in [6.07, 6.45) is 3.46. The van der Waals surface area contributed by atoms with Gasteiger partial charge in [0.15, 0.2) is 0 Å². The number of piperidine rings is 1. The van der Waals surface area contributed by atoms with Gasteiger partial charge in [0.2, 0.25) is 5.60 Å². The minimum Gasteiger partial charge on any atom is -0.459 e. The van der Waals surface area contributed by atoms with Crippen LogP contribution in [0.1, 0.15) is 31.1 Å². The van der Waals surface area contributed by atoms with Gasteiger partial charge in [-0.2, -0.15) is 0 Å². The Morgan fingerprint density at radius 1 is 1.36 bits per heavy atom. The van der Waals surface area contributed by atoms with Crippen molar-refractivity contribution < 1.29 is 24.2 Å². The zero-order valence-electron chi connectivity index (χ0n) is 16.2. The number of nitrogens with zero attached hydrogens (tertiary/aromatic N) is 1. The zero-order valence-corrected chi connectivity index (χ0v) is 20.0. The summed E-state index contributed by atoms with van der Waals surface area (Å²) in [6.45, 7) is 2.09. The van der Waals surface area contributed by atoms with Gasteiger partial charge in [0, 0.05) is 23.0 Å². The quantitative estimate of drug-likeness (QED) is 0.268. The highest BCUT2D eigenvalue weighted by Gasteiger charge is 2.60. The molecule has 7 atom stereocenters. The molecule has 8 heteroatoms. The largest absolute Gasteiger partial charge is 0.459 e. The number of quaternary nitrogens is 1. The molecule has 0 aliphatic carbocycles. The third-order valence-corrected chi connectivity index (χ3v) is 10.4. The Morgan fingerprint density at radius 3 is 2.64 bits per heavy atom. The monoisotopic (exact) mass is 536 g/mol. The molecule has 0 amide bonds. The van der Waals surface area contributed by atoms with E-state index in [1.807, 2.05) is 17.5 Å². The zero-order chi connectivity index (χ0) is 20.3. The van der Waals surface area contributed by atoms with Crippen molar-refractivity contribution in [3.05, 3.63) is 33.4 Å². The Kier molecular flexibility index (Phi) is 5.68. The fourth-order valence-corrected chi connectivity index (χ4v) is 8.53. The van der Waals surface area contributed by atoms with Gasteiger partial charge < -0.3 is 19.4 Å². The van der Waals surface area contributed by atoms with Crippen molar-refractivity contribution in [3.63, 3.8) is 0 Å². The number of ether oxygens (including phenoxy) is 1. The maximum absolute atomic E-state index is 13.3. The van der Waals surface area contributed by atoms with E-state index in [0.717, 1.165) is 10.9 Å². The van der Waals surface area contributed by atoms with E-state index in [1.54, 1.807) is 17.8 Å². The number of hydrogen-bond donors (Lipinski definition) is 2. The van der Waals surface area contributed by atoms with E-state index in [0.29, 0.717) is 27.9 Å². The topological polar surface area (TPSA) is 66.8 Å². The van der Waals surface area contributed by atoms with Gasteiger partial charge in [0.25, 0.3) is 0 Å². The van der Waals surface area contributed by atoms with E-state index in [2.05, 4.69) is 43.6 Å². The number of likely N-dealkylation sites (N-methyl/N-ethyl adjacent to an activating group) is 1. The molecule has 2 saturated heterocycles. The molecule has 3 aliphatic heterocycles. The molecule has 7 unspecified atom stereocenters. The summed E-state index contributed by atoms with van der Waals surface area (Å²) >= 11 is 5.26. The molecule has 2 fully saturated rings. The van der Waals surface area contributed by atoms with Gasteiger partial charge >= 0.3 is 5.97 Å². The molecule has 2 bridgehead atoms. The molecule has 28 heavy (non-hydrogen) atoms. The Morgan fingerprint density at radius 2 is 2.07 bits per heavy atom. The van der Waals surface area contributed by atoms with Crippen molar-refractivity contribution in [2.24, 2.45) is 0 Å². The van der Waals surface area contributed by atoms with Crippen molar-refractivity contribution in [3.8, 4) is 0 Å². The number of thiophene rings is 1. The highest BCUT2D eigenvalue weighted by Crippen LogP contribution is 2.48. The predicted molar refractivity (Wildman–Crippen MR) is 121 cm³/mol. The Balaban J connectivity index is 1.57. The fraction of sp³-hybridized carbons (Fsp3) is 0.650. The summed E-state index contributed by atoms with van der Waals surface area (Å²) in [5, 5.41) is 24.4. The summed E-state index contributed by atoms with van der Waals surface area (Å²) in [5.41, 5.74) is -1.73. The second-order valence-corrected chi connectivity index (χ2v) is 12.5. The van der Waals surface area contributed by atoms with Crippen LogP contribution in [0.25, 0.3) is 0 Å².